The third kappa shape index (κ3) is 5.59. The minimum absolute atomic E-state index is 0.0186. The molecule has 0 aromatic heterocycles. The third-order valence-electron chi connectivity index (χ3n) is 4.05. The van der Waals surface area contributed by atoms with Crippen molar-refractivity contribution in [2.75, 3.05) is 0 Å². The first-order valence-corrected chi connectivity index (χ1v) is 7.67. The normalized spacial score (nSPS) is 19.6. The average Bonchev–Trinajstić information content (AvgIpc) is 2.36. The average molecular weight is 287 g/mol. The van der Waals surface area contributed by atoms with E-state index in [1.54, 1.807) is 6.08 Å². The van der Waals surface area contributed by atoms with Gasteiger partial charge >= 0.3 is 0 Å². The van der Waals surface area contributed by atoms with Crippen molar-refractivity contribution in [1.82, 2.24) is 0 Å². The Labute approximate surface area is 120 Å². The van der Waals surface area contributed by atoms with Crippen LogP contribution in [0.1, 0.15) is 58.8 Å². The molecule has 1 unspecified atom stereocenters. The summed E-state index contributed by atoms with van der Waals surface area (Å²) in [6, 6.07) is 0. The molecule has 0 bridgehead atoms. The predicted octanol–water partition coefficient (Wildman–Crippen LogP) is 4.30. The second-order valence-electron chi connectivity index (χ2n) is 6.40. The van der Waals surface area contributed by atoms with E-state index in [1.807, 2.05) is 13.8 Å². The Hall–Kier alpha value is -0.930. The number of carbonyl (C=O) groups excluding carboxylic acids is 1. The van der Waals surface area contributed by atoms with Crippen LogP contribution in [0.2, 0.25) is 0 Å². The highest BCUT2D eigenvalue weighted by atomic mass is 19.3. The van der Waals surface area contributed by atoms with E-state index < -0.39 is 17.7 Å². The number of rotatable bonds is 7. The molecule has 116 valence electrons. The number of carbonyl (C=O) groups is 1. The van der Waals surface area contributed by atoms with Gasteiger partial charge in [0.15, 0.2) is 0 Å². The van der Waals surface area contributed by atoms with Gasteiger partial charge in [-0.3, -0.25) is 4.79 Å². The van der Waals surface area contributed by atoms with Gasteiger partial charge in [0.1, 0.15) is 5.92 Å². The van der Waals surface area contributed by atoms with Crippen molar-refractivity contribution in [3.8, 4) is 0 Å². The topological polar surface area (TPSA) is 43.1 Å². The lowest BCUT2D eigenvalue weighted by molar-refractivity contribution is -0.132. The molecule has 0 saturated heterocycles. The zero-order valence-corrected chi connectivity index (χ0v) is 12.6. The molecule has 1 aliphatic rings. The van der Waals surface area contributed by atoms with Gasteiger partial charge < -0.3 is 5.73 Å². The summed E-state index contributed by atoms with van der Waals surface area (Å²) in [6.07, 6.45) is 9.17. The fourth-order valence-corrected chi connectivity index (χ4v) is 2.89. The van der Waals surface area contributed by atoms with E-state index >= 15 is 0 Å². The van der Waals surface area contributed by atoms with Crippen molar-refractivity contribution < 1.29 is 13.6 Å². The molecule has 20 heavy (non-hydrogen) atoms. The van der Waals surface area contributed by atoms with Gasteiger partial charge in [-0.25, -0.2) is 8.78 Å². The second kappa shape index (κ2) is 7.75. The van der Waals surface area contributed by atoms with E-state index in [9.17, 15) is 13.6 Å². The van der Waals surface area contributed by atoms with Gasteiger partial charge in [0.2, 0.25) is 5.91 Å². The zero-order valence-electron chi connectivity index (χ0n) is 12.6. The lowest BCUT2D eigenvalue weighted by atomic mass is 9.86. The van der Waals surface area contributed by atoms with Crippen LogP contribution in [0.4, 0.5) is 8.78 Å². The van der Waals surface area contributed by atoms with Gasteiger partial charge in [0, 0.05) is 0 Å². The van der Waals surface area contributed by atoms with Gasteiger partial charge in [0.25, 0.3) is 5.92 Å². The Morgan fingerprint density at radius 1 is 1.30 bits per heavy atom. The summed E-state index contributed by atoms with van der Waals surface area (Å²) in [7, 11) is 0. The number of alkyl halides is 2. The SMILES string of the molecule is CC(C)CC(C(N)=O)C(F)(F)/C=C/CC1CCCCC1. The lowest BCUT2D eigenvalue weighted by Gasteiger charge is -2.24. The number of hydrogen-bond donors (Lipinski definition) is 1. The van der Waals surface area contributed by atoms with Crippen molar-refractivity contribution in [3.63, 3.8) is 0 Å². The molecule has 4 heteroatoms. The zero-order chi connectivity index (χ0) is 15.2. The molecule has 1 aliphatic carbocycles. The highest BCUT2D eigenvalue weighted by Crippen LogP contribution is 2.32. The molecule has 1 amide bonds. The second-order valence-corrected chi connectivity index (χ2v) is 6.40. The molecular weight excluding hydrogens is 260 g/mol. The van der Waals surface area contributed by atoms with Crippen molar-refractivity contribution in [1.29, 1.82) is 0 Å². The van der Waals surface area contributed by atoms with Crippen LogP contribution in [0.5, 0.6) is 0 Å². The maximum Gasteiger partial charge on any atom is 0.277 e. The summed E-state index contributed by atoms with van der Waals surface area (Å²) in [6.45, 7) is 3.63. The number of allylic oxidation sites excluding steroid dienone is 2. The molecule has 1 rings (SSSR count). The number of nitrogens with two attached hydrogens (primary N) is 1. The molecule has 0 radical (unpaired) electrons. The number of hydrogen-bond acceptors (Lipinski definition) is 1. The van der Waals surface area contributed by atoms with Gasteiger partial charge in [-0.2, -0.15) is 0 Å². The Balaban J connectivity index is 2.57. The van der Waals surface area contributed by atoms with E-state index in [1.165, 1.54) is 19.3 Å². The summed E-state index contributed by atoms with van der Waals surface area (Å²) in [5.74, 6) is -4.90. The first-order chi connectivity index (χ1) is 9.33. The number of primary amides is 1. The highest BCUT2D eigenvalue weighted by Gasteiger charge is 2.41. The minimum atomic E-state index is -3.13. The molecular formula is C16H27F2NO. The van der Waals surface area contributed by atoms with E-state index in [0.717, 1.165) is 18.9 Å². The van der Waals surface area contributed by atoms with Crippen LogP contribution < -0.4 is 5.73 Å². The van der Waals surface area contributed by atoms with E-state index in [4.69, 9.17) is 5.73 Å². The maximum atomic E-state index is 14.1. The Morgan fingerprint density at radius 3 is 2.40 bits per heavy atom. The van der Waals surface area contributed by atoms with Gasteiger partial charge in [-0.05, 0) is 30.8 Å². The summed E-state index contributed by atoms with van der Waals surface area (Å²) in [5.41, 5.74) is 5.13. The van der Waals surface area contributed by atoms with Gasteiger partial charge in [0.05, 0.1) is 0 Å². The van der Waals surface area contributed by atoms with Crippen molar-refractivity contribution in [2.45, 2.75) is 64.7 Å². The molecule has 1 saturated carbocycles. The standard InChI is InChI=1S/C16H27F2NO/c1-12(2)11-14(15(19)20)16(17,18)10-6-9-13-7-4-3-5-8-13/h6,10,12-14H,3-5,7-9,11H2,1-2H3,(H2,19,20)/b10-6+. The first-order valence-electron chi connectivity index (χ1n) is 7.67. The van der Waals surface area contributed by atoms with Crippen LogP contribution in [0.3, 0.4) is 0 Å². The molecule has 0 aliphatic heterocycles. The van der Waals surface area contributed by atoms with Crippen LogP contribution in [-0.2, 0) is 4.79 Å². The largest absolute Gasteiger partial charge is 0.369 e. The smallest absolute Gasteiger partial charge is 0.277 e. The quantitative estimate of drug-likeness (QED) is 0.697. The predicted molar refractivity (Wildman–Crippen MR) is 77.4 cm³/mol. The molecule has 1 fully saturated rings. The molecule has 2 nitrogen and oxygen atoms in total. The third-order valence-corrected chi connectivity index (χ3v) is 4.05. The van der Waals surface area contributed by atoms with E-state index in [-0.39, 0.29) is 12.3 Å². The summed E-state index contributed by atoms with van der Waals surface area (Å²) in [4.78, 5) is 11.3. The van der Waals surface area contributed by atoms with E-state index in [0.29, 0.717) is 12.3 Å². The van der Waals surface area contributed by atoms with Crippen molar-refractivity contribution in [2.24, 2.45) is 23.5 Å². The van der Waals surface area contributed by atoms with Gasteiger partial charge in [-0.1, -0.05) is 52.0 Å². The monoisotopic (exact) mass is 287 g/mol. The Morgan fingerprint density at radius 2 is 1.90 bits per heavy atom. The van der Waals surface area contributed by atoms with Crippen molar-refractivity contribution in [3.05, 3.63) is 12.2 Å². The lowest BCUT2D eigenvalue weighted by Crippen LogP contribution is -2.38. The molecule has 0 aromatic rings. The van der Waals surface area contributed by atoms with E-state index in [2.05, 4.69) is 0 Å². The minimum Gasteiger partial charge on any atom is -0.369 e. The number of amides is 1. The first kappa shape index (κ1) is 17.1. The fourth-order valence-electron chi connectivity index (χ4n) is 2.89. The molecule has 0 aromatic carbocycles. The summed E-state index contributed by atoms with van der Waals surface area (Å²) < 4.78 is 28.1. The molecule has 0 heterocycles. The Bertz CT molecular complexity index is 333. The van der Waals surface area contributed by atoms with Crippen LogP contribution in [0, 0.1) is 17.8 Å². The van der Waals surface area contributed by atoms with Crippen LogP contribution in [0.15, 0.2) is 12.2 Å². The van der Waals surface area contributed by atoms with Crippen molar-refractivity contribution >= 4 is 5.91 Å². The Kier molecular flexibility index (Phi) is 6.63. The summed E-state index contributed by atoms with van der Waals surface area (Å²) in [5, 5.41) is 0. The highest BCUT2D eigenvalue weighted by molar-refractivity contribution is 5.78. The molecule has 2 N–H and O–H groups in total. The number of halogens is 2. The summed E-state index contributed by atoms with van der Waals surface area (Å²) >= 11 is 0. The fraction of sp³-hybridized carbons (Fsp3) is 0.812. The van der Waals surface area contributed by atoms with Gasteiger partial charge in [-0.15, -0.1) is 0 Å². The molecule has 1 atom stereocenters. The molecule has 0 spiro atoms. The van der Waals surface area contributed by atoms with Crippen LogP contribution >= 0.6 is 0 Å². The van der Waals surface area contributed by atoms with Crippen LogP contribution in [-0.4, -0.2) is 11.8 Å². The maximum absolute atomic E-state index is 14.1. The van der Waals surface area contributed by atoms with Crippen LogP contribution in [0.25, 0.3) is 0 Å².